The van der Waals surface area contributed by atoms with Gasteiger partial charge in [-0.05, 0) is 6.42 Å². The zero-order valence-electron chi connectivity index (χ0n) is 11.2. The summed E-state index contributed by atoms with van der Waals surface area (Å²) < 4.78 is 30.0. The first-order valence-corrected chi connectivity index (χ1v) is 8.47. The number of carbonyl (C=O) groups excluding carboxylic acids is 1. The quantitative estimate of drug-likeness (QED) is 0.494. The number of hydrogen-bond donors (Lipinski definition) is 0. The molecule has 112 valence electrons. The van der Waals surface area contributed by atoms with Gasteiger partial charge in [-0.2, -0.15) is 4.31 Å². The van der Waals surface area contributed by atoms with Crippen LogP contribution in [0.2, 0.25) is 0 Å². The minimum atomic E-state index is -3.17. The van der Waals surface area contributed by atoms with E-state index in [0.717, 1.165) is 0 Å². The van der Waals surface area contributed by atoms with Gasteiger partial charge in [-0.1, -0.05) is 0 Å². The minimum absolute atomic E-state index is 0.110. The highest BCUT2D eigenvalue weighted by Crippen LogP contribution is 2.10. The second-order valence-electron chi connectivity index (χ2n) is 4.43. The van der Waals surface area contributed by atoms with Crippen LogP contribution < -0.4 is 0 Å². The summed E-state index contributed by atoms with van der Waals surface area (Å²) in [6.45, 7) is 2.87. The van der Waals surface area contributed by atoms with E-state index in [4.69, 9.17) is 11.6 Å². The molecule has 1 rings (SSSR count). The summed E-state index contributed by atoms with van der Waals surface area (Å²) in [5.41, 5.74) is 0. The first-order valence-electron chi connectivity index (χ1n) is 6.32. The van der Waals surface area contributed by atoms with Crippen molar-refractivity contribution in [3.05, 3.63) is 0 Å². The summed E-state index contributed by atoms with van der Waals surface area (Å²) in [5.74, 6) is 0.230. The molecular formula is C11H21ClN2O4S. The van der Waals surface area contributed by atoms with Crippen molar-refractivity contribution in [2.75, 3.05) is 51.5 Å². The van der Waals surface area contributed by atoms with Crippen LogP contribution in [0.3, 0.4) is 0 Å². The maximum atomic E-state index is 11.9. The molecule has 1 aliphatic rings. The van der Waals surface area contributed by atoms with E-state index in [1.54, 1.807) is 0 Å². The van der Waals surface area contributed by atoms with Crippen LogP contribution in [0.15, 0.2) is 0 Å². The number of esters is 1. The van der Waals surface area contributed by atoms with E-state index in [9.17, 15) is 13.2 Å². The van der Waals surface area contributed by atoms with E-state index in [1.807, 2.05) is 0 Å². The Morgan fingerprint density at radius 1 is 1.26 bits per heavy atom. The molecule has 0 aromatic rings. The maximum absolute atomic E-state index is 11.9. The van der Waals surface area contributed by atoms with Gasteiger partial charge < -0.3 is 9.64 Å². The third-order valence-corrected chi connectivity index (χ3v) is 5.34. The van der Waals surface area contributed by atoms with Crippen molar-refractivity contribution in [1.29, 1.82) is 0 Å². The van der Waals surface area contributed by atoms with Crippen molar-refractivity contribution >= 4 is 27.6 Å². The fourth-order valence-corrected chi connectivity index (χ4v) is 3.73. The molecule has 8 heteroatoms. The second-order valence-corrected chi connectivity index (χ2v) is 6.89. The van der Waals surface area contributed by atoms with E-state index in [-0.39, 0.29) is 11.7 Å². The van der Waals surface area contributed by atoms with Crippen LogP contribution in [0.25, 0.3) is 0 Å². The van der Waals surface area contributed by atoms with Gasteiger partial charge in [0.15, 0.2) is 0 Å². The van der Waals surface area contributed by atoms with Crippen molar-refractivity contribution in [3.8, 4) is 0 Å². The Morgan fingerprint density at radius 3 is 2.42 bits per heavy atom. The molecule has 0 saturated carbocycles. The van der Waals surface area contributed by atoms with Crippen LogP contribution in [-0.4, -0.2) is 75.1 Å². The predicted octanol–water partition coefficient (Wildman–Crippen LogP) is 0.126. The molecule has 0 spiro atoms. The number of halogens is 1. The lowest BCUT2D eigenvalue weighted by molar-refractivity contribution is -0.141. The van der Waals surface area contributed by atoms with Crippen LogP contribution >= 0.6 is 11.6 Å². The van der Waals surface area contributed by atoms with Gasteiger partial charge in [-0.15, -0.1) is 11.6 Å². The highest BCUT2D eigenvalue weighted by Gasteiger charge is 2.26. The number of sulfonamides is 1. The lowest BCUT2D eigenvalue weighted by atomic mass is 10.3. The molecule has 0 atom stereocenters. The molecule has 0 N–H and O–H groups in total. The molecule has 19 heavy (non-hydrogen) atoms. The zero-order valence-corrected chi connectivity index (χ0v) is 12.8. The normalized spacial score (nSPS) is 18.4. The molecule has 0 aliphatic carbocycles. The summed E-state index contributed by atoms with van der Waals surface area (Å²) in [6.07, 6.45) is 0.821. The fraction of sp³-hybridized carbons (Fsp3) is 0.909. The van der Waals surface area contributed by atoms with Crippen LogP contribution in [0.4, 0.5) is 0 Å². The largest absolute Gasteiger partial charge is 0.469 e. The van der Waals surface area contributed by atoms with Crippen molar-refractivity contribution in [2.24, 2.45) is 0 Å². The van der Waals surface area contributed by atoms with E-state index in [2.05, 4.69) is 9.64 Å². The lowest BCUT2D eigenvalue weighted by Gasteiger charge is -2.33. The molecular weight excluding hydrogens is 292 g/mol. The number of piperazine rings is 1. The van der Waals surface area contributed by atoms with Crippen LogP contribution in [0, 0.1) is 0 Å². The van der Waals surface area contributed by atoms with Gasteiger partial charge in [-0.3, -0.25) is 4.79 Å². The molecule has 1 fully saturated rings. The standard InChI is InChI=1S/C11H21ClN2O4S/c1-18-11(15)3-5-13-6-8-14(9-7-13)19(16,17)10-2-4-12/h2-10H2,1H3. The molecule has 0 aromatic heterocycles. The molecule has 1 saturated heterocycles. The summed E-state index contributed by atoms with van der Waals surface area (Å²) in [4.78, 5) is 13.1. The summed E-state index contributed by atoms with van der Waals surface area (Å²) in [5, 5.41) is 0. The Bertz CT molecular complexity index is 380. The molecule has 1 heterocycles. The Kier molecular flexibility index (Phi) is 7.06. The lowest BCUT2D eigenvalue weighted by Crippen LogP contribution is -2.49. The third kappa shape index (κ3) is 5.64. The van der Waals surface area contributed by atoms with E-state index < -0.39 is 10.0 Å². The maximum Gasteiger partial charge on any atom is 0.306 e. The summed E-state index contributed by atoms with van der Waals surface area (Å²) in [7, 11) is -1.81. The van der Waals surface area contributed by atoms with Gasteiger partial charge in [0.05, 0.1) is 19.3 Å². The predicted molar refractivity (Wildman–Crippen MR) is 73.8 cm³/mol. The molecule has 0 bridgehead atoms. The van der Waals surface area contributed by atoms with Gasteiger partial charge in [0.2, 0.25) is 10.0 Å². The van der Waals surface area contributed by atoms with E-state index in [1.165, 1.54) is 11.4 Å². The van der Waals surface area contributed by atoms with E-state index >= 15 is 0 Å². The highest BCUT2D eigenvalue weighted by molar-refractivity contribution is 7.89. The Hall–Kier alpha value is -0.370. The summed E-state index contributed by atoms with van der Waals surface area (Å²) >= 11 is 5.52. The van der Waals surface area contributed by atoms with Crippen molar-refractivity contribution in [3.63, 3.8) is 0 Å². The monoisotopic (exact) mass is 312 g/mol. The number of alkyl halides is 1. The van der Waals surface area contributed by atoms with Crippen LogP contribution in [0.1, 0.15) is 12.8 Å². The Balaban J connectivity index is 2.34. The number of methoxy groups -OCH3 is 1. The molecule has 0 aromatic carbocycles. The first kappa shape index (κ1) is 16.7. The topological polar surface area (TPSA) is 66.9 Å². The van der Waals surface area contributed by atoms with Crippen LogP contribution in [0.5, 0.6) is 0 Å². The Labute approximate surface area is 119 Å². The number of nitrogens with zero attached hydrogens (tertiary/aromatic N) is 2. The average Bonchev–Trinajstić information content (AvgIpc) is 2.43. The van der Waals surface area contributed by atoms with Crippen molar-refractivity contribution in [2.45, 2.75) is 12.8 Å². The van der Waals surface area contributed by atoms with Crippen molar-refractivity contribution < 1.29 is 17.9 Å². The van der Waals surface area contributed by atoms with Gasteiger partial charge in [0.1, 0.15) is 0 Å². The average molecular weight is 313 g/mol. The SMILES string of the molecule is COC(=O)CCN1CCN(S(=O)(=O)CCCCl)CC1. The number of hydrogen-bond acceptors (Lipinski definition) is 5. The van der Waals surface area contributed by atoms with Crippen molar-refractivity contribution in [1.82, 2.24) is 9.21 Å². The summed E-state index contributed by atoms with van der Waals surface area (Å²) in [6, 6.07) is 0. The van der Waals surface area contributed by atoms with Gasteiger partial charge in [-0.25, -0.2) is 8.42 Å². The molecule has 0 unspecified atom stereocenters. The van der Waals surface area contributed by atoms with Gasteiger partial charge in [0.25, 0.3) is 0 Å². The second kappa shape index (κ2) is 8.04. The van der Waals surface area contributed by atoms with E-state index in [0.29, 0.717) is 51.4 Å². The smallest absolute Gasteiger partial charge is 0.306 e. The third-order valence-electron chi connectivity index (χ3n) is 3.12. The number of carbonyl (C=O) groups is 1. The molecule has 0 amide bonds. The molecule has 1 aliphatic heterocycles. The Morgan fingerprint density at radius 2 is 1.89 bits per heavy atom. The van der Waals surface area contributed by atoms with Gasteiger partial charge >= 0.3 is 5.97 Å². The molecule has 0 radical (unpaired) electrons. The number of rotatable bonds is 7. The van der Waals surface area contributed by atoms with Crippen LogP contribution in [-0.2, 0) is 19.6 Å². The van der Waals surface area contributed by atoms with Gasteiger partial charge in [0, 0.05) is 38.6 Å². The zero-order chi connectivity index (χ0) is 14.3. The fourth-order valence-electron chi connectivity index (χ4n) is 1.95. The minimum Gasteiger partial charge on any atom is -0.469 e. The highest BCUT2D eigenvalue weighted by atomic mass is 35.5. The first-order chi connectivity index (χ1) is 8.99. The molecule has 6 nitrogen and oxygen atoms in total. The number of ether oxygens (including phenoxy) is 1.